The Morgan fingerprint density at radius 1 is 1.33 bits per heavy atom. The lowest BCUT2D eigenvalue weighted by molar-refractivity contribution is -0.134. The molecule has 0 spiro atoms. The summed E-state index contributed by atoms with van der Waals surface area (Å²) in [6, 6.07) is 7.64. The summed E-state index contributed by atoms with van der Waals surface area (Å²) in [6.45, 7) is 4.37. The molecule has 2 aromatic rings. The number of carbonyl (C=O) groups excluding carboxylic acids is 1. The molecule has 1 aromatic carbocycles. The van der Waals surface area contributed by atoms with Gasteiger partial charge in [-0.25, -0.2) is 0 Å². The van der Waals surface area contributed by atoms with E-state index >= 15 is 0 Å². The molecule has 128 valence electrons. The maximum absolute atomic E-state index is 12.6. The van der Waals surface area contributed by atoms with Crippen LogP contribution in [0.4, 0.5) is 0 Å². The van der Waals surface area contributed by atoms with Gasteiger partial charge in [0.05, 0.1) is 31.3 Å². The van der Waals surface area contributed by atoms with E-state index < -0.39 is 0 Å². The third kappa shape index (κ3) is 3.54. The molecule has 3 rings (SSSR count). The highest BCUT2D eigenvalue weighted by Gasteiger charge is 2.25. The van der Waals surface area contributed by atoms with E-state index in [1.807, 2.05) is 40.7 Å². The zero-order chi connectivity index (χ0) is 16.9. The van der Waals surface area contributed by atoms with E-state index in [0.29, 0.717) is 31.5 Å². The van der Waals surface area contributed by atoms with E-state index in [-0.39, 0.29) is 11.2 Å². The largest absolute Gasteiger partial charge is 0.495 e. The molecule has 0 unspecified atom stereocenters. The number of hydrogen-bond acceptors (Lipinski definition) is 6. The minimum Gasteiger partial charge on any atom is -0.495 e. The van der Waals surface area contributed by atoms with Crippen LogP contribution in [0.5, 0.6) is 5.75 Å². The van der Waals surface area contributed by atoms with Crippen molar-refractivity contribution >= 4 is 17.7 Å². The van der Waals surface area contributed by atoms with Crippen LogP contribution in [0.2, 0.25) is 0 Å². The molecule has 2 heterocycles. The molecule has 24 heavy (non-hydrogen) atoms. The van der Waals surface area contributed by atoms with Gasteiger partial charge in [-0.2, -0.15) is 0 Å². The van der Waals surface area contributed by atoms with Gasteiger partial charge in [-0.1, -0.05) is 23.9 Å². The number of para-hydroxylation sites is 2. The van der Waals surface area contributed by atoms with Gasteiger partial charge in [0, 0.05) is 13.1 Å². The summed E-state index contributed by atoms with van der Waals surface area (Å²) >= 11 is 1.39. The molecule has 1 saturated heterocycles. The van der Waals surface area contributed by atoms with Crippen LogP contribution >= 0.6 is 11.8 Å². The van der Waals surface area contributed by atoms with Gasteiger partial charge in [0.25, 0.3) is 0 Å². The van der Waals surface area contributed by atoms with Gasteiger partial charge >= 0.3 is 0 Å². The Kier molecular flexibility index (Phi) is 5.37. The van der Waals surface area contributed by atoms with Crippen molar-refractivity contribution in [2.24, 2.45) is 0 Å². The molecule has 1 aliphatic heterocycles. The molecule has 8 heteroatoms. The summed E-state index contributed by atoms with van der Waals surface area (Å²) < 4.78 is 12.5. The average Bonchev–Trinajstić information content (AvgIpc) is 3.09. The van der Waals surface area contributed by atoms with E-state index in [2.05, 4.69) is 10.2 Å². The first-order valence-corrected chi connectivity index (χ1v) is 8.65. The highest BCUT2D eigenvalue weighted by molar-refractivity contribution is 8.00. The van der Waals surface area contributed by atoms with Crippen LogP contribution in [-0.2, 0) is 9.53 Å². The van der Waals surface area contributed by atoms with Crippen molar-refractivity contribution in [2.45, 2.75) is 17.3 Å². The number of nitrogens with zero attached hydrogens (tertiary/aromatic N) is 4. The third-order valence-electron chi connectivity index (χ3n) is 3.81. The minimum atomic E-state index is -0.249. The number of benzene rings is 1. The second-order valence-electron chi connectivity index (χ2n) is 5.35. The summed E-state index contributed by atoms with van der Waals surface area (Å²) in [5, 5.41) is 8.56. The fourth-order valence-corrected chi connectivity index (χ4v) is 3.47. The lowest BCUT2D eigenvalue weighted by Gasteiger charge is -2.28. The number of morpholine rings is 1. The molecule has 1 atom stereocenters. The van der Waals surface area contributed by atoms with Gasteiger partial charge in [-0.15, -0.1) is 10.2 Å². The molecule has 1 amide bonds. The Hall–Kier alpha value is -2.06. The Labute approximate surface area is 145 Å². The van der Waals surface area contributed by atoms with E-state index in [1.165, 1.54) is 11.8 Å². The van der Waals surface area contributed by atoms with Gasteiger partial charge in [-0.05, 0) is 19.1 Å². The number of rotatable bonds is 5. The molecule has 1 fully saturated rings. The predicted octanol–water partition coefficient (Wildman–Crippen LogP) is 1.62. The molecule has 1 aromatic heterocycles. The summed E-state index contributed by atoms with van der Waals surface area (Å²) in [4.78, 5) is 14.4. The second kappa shape index (κ2) is 7.67. The molecule has 7 nitrogen and oxygen atoms in total. The number of amides is 1. The number of methoxy groups -OCH3 is 1. The standard InChI is InChI=1S/C16H20N4O3S/c1-12(15(21)19-7-9-23-10-8-19)24-16-18-17-11-20(16)13-5-3-4-6-14(13)22-2/h3-6,11-12H,7-10H2,1-2H3/t12-/m1/s1. The van der Waals surface area contributed by atoms with Crippen LogP contribution in [0.1, 0.15) is 6.92 Å². The zero-order valence-corrected chi connectivity index (χ0v) is 14.5. The normalized spacial score (nSPS) is 16.0. The number of hydrogen-bond donors (Lipinski definition) is 0. The monoisotopic (exact) mass is 348 g/mol. The first-order chi connectivity index (χ1) is 11.7. The summed E-state index contributed by atoms with van der Waals surface area (Å²) in [6.07, 6.45) is 1.63. The van der Waals surface area contributed by atoms with Gasteiger partial charge < -0.3 is 14.4 Å². The fraction of sp³-hybridized carbons (Fsp3) is 0.438. The smallest absolute Gasteiger partial charge is 0.236 e. The van der Waals surface area contributed by atoms with E-state index in [0.717, 1.165) is 11.4 Å². The molecular weight excluding hydrogens is 328 g/mol. The van der Waals surface area contributed by atoms with Crippen molar-refractivity contribution in [1.82, 2.24) is 19.7 Å². The van der Waals surface area contributed by atoms with Crippen molar-refractivity contribution in [3.63, 3.8) is 0 Å². The quantitative estimate of drug-likeness (QED) is 0.765. The number of thioether (sulfide) groups is 1. The Bertz CT molecular complexity index is 700. The van der Waals surface area contributed by atoms with Crippen LogP contribution in [0.15, 0.2) is 35.7 Å². The van der Waals surface area contributed by atoms with Crippen LogP contribution in [0.3, 0.4) is 0 Å². The number of aromatic nitrogens is 3. The highest BCUT2D eigenvalue weighted by Crippen LogP contribution is 2.29. The van der Waals surface area contributed by atoms with Crippen molar-refractivity contribution in [3.05, 3.63) is 30.6 Å². The lowest BCUT2D eigenvalue weighted by atomic mass is 10.3. The van der Waals surface area contributed by atoms with Gasteiger partial charge in [0.2, 0.25) is 5.91 Å². The van der Waals surface area contributed by atoms with E-state index in [1.54, 1.807) is 13.4 Å². The predicted molar refractivity (Wildman–Crippen MR) is 90.6 cm³/mol. The molecule has 0 N–H and O–H groups in total. The van der Waals surface area contributed by atoms with Gasteiger partial charge in [-0.3, -0.25) is 9.36 Å². The SMILES string of the molecule is COc1ccccc1-n1cnnc1S[C@H](C)C(=O)N1CCOCC1. The second-order valence-corrected chi connectivity index (χ2v) is 6.66. The maximum Gasteiger partial charge on any atom is 0.236 e. The van der Waals surface area contributed by atoms with Gasteiger partial charge in [0.15, 0.2) is 5.16 Å². The van der Waals surface area contributed by atoms with Crippen LogP contribution in [0.25, 0.3) is 5.69 Å². The fourth-order valence-electron chi connectivity index (χ4n) is 2.55. The minimum absolute atomic E-state index is 0.0953. The average molecular weight is 348 g/mol. The maximum atomic E-state index is 12.6. The third-order valence-corrected chi connectivity index (χ3v) is 4.86. The number of carbonyl (C=O) groups is 1. The van der Waals surface area contributed by atoms with Crippen LogP contribution < -0.4 is 4.74 Å². The van der Waals surface area contributed by atoms with Crippen molar-refractivity contribution < 1.29 is 14.3 Å². The van der Waals surface area contributed by atoms with Crippen LogP contribution in [-0.4, -0.2) is 64.2 Å². The summed E-state index contributed by atoms with van der Waals surface area (Å²) in [5.41, 5.74) is 0.846. The lowest BCUT2D eigenvalue weighted by Crippen LogP contribution is -2.44. The van der Waals surface area contributed by atoms with E-state index in [9.17, 15) is 4.79 Å². The number of ether oxygens (including phenoxy) is 2. The Balaban J connectivity index is 1.76. The molecule has 0 aliphatic carbocycles. The molecule has 1 aliphatic rings. The van der Waals surface area contributed by atoms with Crippen molar-refractivity contribution in [1.29, 1.82) is 0 Å². The summed E-state index contributed by atoms with van der Waals surface area (Å²) in [5.74, 6) is 0.823. The summed E-state index contributed by atoms with van der Waals surface area (Å²) in [7, 11) is 1.63. The Morgan fingerprint density at radius 3 is 2.83 bits per heavy atom. The van der Waals surface area contributed by atoms with Crippen molar-refractivity contribution in [3.8, 4) is 11.4 Å². The molecule has 0 radical (unpaired) electrons. The first kappa shape index (κ1) is 16.8. The zero-order valence-electron chi connectivity index (χ0n) is 13.7. The molecule has 0 saturated carbocycles. The topological polar surface area (TPSA) is 69.5 Å². The van der Waals surface area contributed by atoms with E-state index in [4.69, 9.17) is 9.47 Å². The highest BCUT2D eigenvalue weighted by atomic mass is 32.2. The molecule has 0 bridgehead atoms. The molecular formula is C16H20N4O3S. The first-order valence-electron chi connectivity index (χ1n) is 7.77. The van der Waals surface area contributed by atoms with Crippen LogP contribution in [0, 0.1) is 0 Å². The van der Waals surface area contributed by atoms with Crippen molar-refractivity contribution in [2.75, 3.05) is 33.4 Å². The Morgan fingerprint density at radius 2 is 2.08 bits per heavy atom. The van der Waals surface area contributed by atoms with Gasteiger partial charge in [0.1, 0.15) is 12.1 Å².